The summed E-state index contributed by atoms with van der Waals surface area (Å²) >= 11 is 3.40. The van der Waals surface area contributed by atoms with Gasteiger partial charge in [-0.1, -0.05) is 58.4 Å². The predicted molar refractivity (Wildman–Crippen MR) is 124 cm³/mol. The summed E-state index contributed by atoms with van der Waals surface area (Å²) < 4.78 is 29.8. The van der Waals surface area contributed by atoms with E-state index in [1.165, 1.54) is 28.8 Å². The van der Waals surface area contributed by atoms with Crippen LogP contribution in [-0.2, 0) is 5.33 Å². The van der Waals surface area contributed by atoms with E-state index in [-0.39, 0.29) is 21.7 Å². The predicted octanol–water partition coefficient (Wildman–Crippen LogP) is 5.65. The van der Waals surface area contributed by atoms with Crippen molar-refractivity contribution in [3.8, 4) is 5.69 Å². The Kier molecular flexibility index (Phi) is 6.19. The second kappa shape index (κ2) is 9.04. The molecule has 0 saturated heterocycles. The molecule has 4 rings (SSSR count). The molecule has 3 aromatic carbocycles. The number of alkyl halides is 1. The number of fused-ring (bicyclic) bond motifs is 1. The lowest BCUT2D eigenvalue weighted by Crippen LogP contribution is -2.32. The highest BCUT2D eigenvalue weighted by atomic mass is 79.9. The van der Waals surface area contributed by atoms with Crippen molar-refractivity contribution in [1.82, 2.24) is 9.88 Å². The Morgan fingerprint density at radius 2 is 1.75 bits per heavy atom. The first-order valence-electron chi connectivity index (χ1n) is 9.96. The fourth-order valence-electron chi connectivity index (χ4n) is 3.81. The molecule has 0 aliphatic rings. The third kappa shape index (κ3) is 3.96. The van der Waals surface area contributed by atoms with Crippen LogP contribution in [0.25, 0.3) is 16.5 Å². The van der Waals surface area contributed by atoms with E-state index in [2.05, 4.69) is 21.2 Å². The third-order valence-electron chi connectivity index (χ3n) is 5.32. The molecule has 0 radical (unpaired) electrons. The molecule has 1 N–H and O–H groups in total. The molecule has 0 aliphatic carbocycles. The molecule has 7 heteroatoms. The second-order valence-electron chi connectivity index (χ2n) is 7.34. The van der Waals surface area contributed by atoms with E-state index in [1.807, 2.05) is 0 Å². The lowest BCUT2D eigenvalue weighted by molar-refractivity contribution is 0.0940. The Hall–Kier alpha value is -3.32. The fraction of sp³-hybridized carbons (Fsp3) is 0.120. The van der Waals surface area contributed by atoms with Crippen LogP contribution >= 0.6 is 15.9 Å². The van der Waals surface area contributed by atoms with Gasteiger partial charge in [-0.05, 0) is 42.8 Å². The van der Waals surface area contributed by atoms with E-state index in [4.69, 9.17) is 0 Å². The number of hydrogen-bond acceptors (Lipinski definition) is 2. The topological polar surface area (TPSA) is 51.1 Å². The summed E-state index contributed by atoms with van der Waals surface area (Å²) in [5.74, 6) is -1.60. The molecule has 4 aromatic rings. The normalized spacial score (nSPS) is 12.0. The maximum Gasteiger partial charge on any atom is 0.266 e. The Morgan fingerprint density at radius 3 is 2.44 bits per heavy atom. The number of hydrogen-bond donors (Lipinski definition) is 1. The van der Waals surface area contributed by atoms with Gasteiger partial charge in [0.2, 0.25) is 0 Å². The largest absolute Gasteiger partial charge is 0.345 e. The molecule has 1 heterocycles. The van der Waals surface area contributed by atoms with Gasteiger partial charge in [0.15, 0.2) is 0 Å². The molecule has 1 atom stereocenters. The first-order valence-corrected chi connectivity index (χ1v) is 11.1. The van der Waals surface area contributed by atoms with Gasteiger partial charge >= 0.3 is 0 Å². The number of benzene rings is 3. The van der Waals surface area contributed by atoms with Crippen molar-refractivity contribution in [3.63, 3.8) is 0 Å². The smallest absolute Gasteiger partial charge is 0.266 e. The van der Waals surface area contributed by atoms with Crippen LogP contribution in [0.5, 0.6) is 0 Å². The Balaban J connectivity index is 1.94. The first-order chi connectivity index (χ1) is 15.4. The summed E-state index contributed by atoms with van der Waals surface area (Å²) in [6.07, 6.45) is 0. The minimum Gasteiger partial charge on any atom is -0.345 e. The summed E-state index contributed by atoms with van der Waals surface area (Å²) in [7, 11) is 0. The molecule has 0 saturated carbocycles. The van der Waals surface area contributed by atoms with E-state index in [0.29, 0.717) is 16.9 Å². The molecule has 0 bridgehead atoms. The second-order valence-corrected chi connectivity index (χ2v) is 7.90. The summed E-state index contributed by atoms with van der Waals surface area (Å²) in [6, 6.07) is 18.4. The molecular weight excluding hydrogens is 478 g/mol. The van der Waals surface area contributed by atoms with E-state index < -0.39 is 29.1 Å². The molecule has 4 nitrogen and oxygen atoms in total. The van der Waals surface area contributed by atoms with Gasteiger partial charge < -0.3 is 5.32 Å². The number of pyridine rings is 1. The number of carbonyl (C=O) groups excluding carboxylic acids is 1. The van der Waals surface area contributed by atoms with E-state index >= 15 is 0 Å². The lowest BCUT2D eigenvalue weighted by Gasteiger charge is -2.20. The van der Waals surface area contributed by atoms with Gasteiger partial charge in [0.1, 0.15) is 11.6 Å². The van der Waals surface area contributed by atoms with Crippen LogP contribution in [-0.4, -0.2) is 10.5 Å². The van der Waals surface area contributed by atoms with Crippen molar-refractivity contribution >= 4 is 32.6 Å². The van der Waals surface area contributed by atoms with Crippen LogP contribution in [0.1, 0.15) is 34.6 Å². The van der Waals surface area contributed by atoms with E-state index in [9.17, 15) is 18.4 Å². The SMILES string of the molecule is C[C@H](NC(=O)c1c(CBr)n(-c2ccccc2)c(=O)c2c(F)cccc12)c1cccc(F)c1. The number of nitrogens with one attached hydrogen (secondary N) is 1. The van der Waals surface area contributed by atoms with Crippen LogP contribution < -0.4 is 10.9 Å². The number of halogens is 3. The van der Waals surface area contributed by atoms with Crippen molar-refractivity contribution < 1.29 is 13.6 Å². The van der Waals surface area contributed by atoms with Crippen LogP contribution in [0.4, 0.5) is 8.78 Å². The van der Waals surface area contributed by atoms with Crippen molar-refractivity contribution in [3.05, 3.63) is 112 Å². The third-order valence-corrected chi connectivity index (χ3v) is 5.85. The van der Waals surface area contributed by atoms with Gasteiger partial charge in [-0.3, -0.25) is 14.2 Å². The zero-order valence-corrected chi connectivity index (χ0v) is 18.7. The van der Waals surface area contributed by atoms with Crippen LogP contribution in [0.2, 0.25) is 0 Å². The zero-order chi connectivity index (χ0) is 22.8. The van der Waals surface area contributed by atoms with Crippen LogP contribution in [0.3, 0.4) is 0 Å². The van der Waals surface area contributed by atoms with Gasteiger partial charge in [0.05, 0.1) is 22.7 Å². The van der Waals surface area contributed by atoms with Crippen LogP contribution in [0, 0.1) is 11.6 Å². The number of nitrogens with zero attached hydrogens (tertiary/aromatic N) is 1. The molecule has 0 aliphatic heterocycles. The fourth-order valence-corrected chi connectivity index (χ4v) is 4.34. The molecule has 162 valence electrons. The maximum atomic E-state index is 14.8. The quantitative estimate of drug-likeness (QED) is 0.362. The zero-order valence-electron chi connectivity index (χ0n) is 17.1. The minimum atomic E-state index is -0.703. The summed E-state index contributed by atoms with van der Waals surface area (Å²) in [5, 5.41) is 3.10. The molecule has 1 aromatic heterocycles. The number of carbonyl (C=O) groups is 1. The minimum absolute atomic E-state index is 0.162. The van der Waals surface area contributed by atoms with E-state index in [1.54, 1.807) is 55.5 Å². The first kappa shape index (κ1) is 21.9. The maximum absolute atomic E-state index is 14.8. The van der Waals surface area contributed by atoms with Crippen molar-refractivity contribution in [2.75, 3.05) is 0 Å². The molecule has 32 heavy (non-hydrogen) atoms. The van der Waals surface area contributed by atoms with E-state index in [0.717, 1.165) is 0 Å². The van der Waals surface area contributed by atoms with Crippen molar-refractivity contribution in [2.24, 2.45) is 0 Å². The summed E-state index contributed by atoms with van der Waals surface area (Å²) in [4.78, 5) is 26.8. The Bertz CT molecular complexity index is 1370. The van der Waals surface area contributed by atoms with Gasteiger partial charge in [-0.25, -0.2) is 8.78 Å². The number of rotatable bonds is 5. The molecule has 1 amide bonds. The molecule has 0 unspecified atom stereocenters. The molecular formula is C25H19BrF2N2O2. The van der Waals surface area contributed by atoms with Gasteiger partial charge in [-0.2, -0.15) is 0 Å². The Labute approximate surface area is 191 Å². The molecule has 0 fully saturated rings. The van der Waals surface area contributed by atoms with Gasteiger partial charge in [0, 0.05) is 16.4 Å². The van der Waals surface area contributed by atoms with Gasteiger partial charge in [-0.15, -0.1) is 0 Å². The van der Waals surface area contributed by atoms with Crippen molar-refractivity contribution in [2.45, 2.75) is 18.3 Å². The molecule has 0 spiro atoms. The van der Waals surface area contributed by atoms with Crippen LogP contribution in [0.15, 0.2) is 77.6 Å². The highest BCUT2D eigenvalue weighted by molar-refractivity contribution is 9.08. The number of aromatic nitrogens is 1. The highest BCUT2D eigenvalue weighted by Crippen LogP contribution is 2.27. The Morgan fingerprint density at radius 1 is 1.03 bits per heavy atom. The number of amides is 1. The average molecular weight is 497 g/mol. The lowest BCUT2D eigenvalue weighted by atomic mass is 10.0. The monoisotopic (exact) mass is 496 g/mol. The summed E-state index contributed by atoms with van der Waals surface area (Å²) in [5.41, 5.74) is 1.13. The highest BCUT2D eigenvalue weighted by Gasteiger charge is 2.25. The van der Waals surface area contributed by atoms with Gasteiger partial charge in [0.25, 0.3) is 11.5 Å². The van der Waals surface area contributed by atoms with Crippen molar-refractivity contribution in [1.29, 1.82) is 0 Å². The average Bonchev–Trinajstić information content (AvgIpc) is 2.79. The number of para-hydroxylation sites is 1. The standard InChI is InChI=1S/C25H19BrF2N2O2/c1-15(16-7-5-8-17(27)13-16)29-24(31)23-19-11-6-12-20(28)22(19)25(32)30(21(23)14-26)18-9-3-2-4-10-18/h2-13,15H,14H2,1H3,(H,29,31)/t15-/m0/s1. The summed E-state index contributed by atoms with van der Waals surface area (Å²) in [6.45, 7) is 1.73.